The van der Waals surface area contributed by atoms with Crippen LogP contribution in [-0.2, 0) is 19.6 Å². The van der Waals surface area contributed by atoms with E-state index in [2.05, 4.69) is 9.62 Å². The molecule has 1 fully saturated rings. The number of ether oxygens (including phenoxy) is 2. The minimum Gasteiger partial charge on any atom is -0.495 e. The Morgan fingerprint density at radius 1 is 1.23 bits per heavy atom. The second kappa shape index (κ2) is 9.88. The number of aliphatic hydroxyl groups is 1. The van der Waals surface area contributed by atoms with Gasteiger partial charge in [-0.05, 0) is 19.2 Å². The SMILES string of the molecule is COc1ccccc1S(=O)(=O)N[C@H]1C=C[C@@H](CC(=O)N2CCN(C)CC2)O[C@H]1CO. The monoisotopic (exact) mass is 439 g/mol. The van der Waals surface area contributed by atoms with Crippen LogP contribution in [0.1, 0.15) is 6.42 Å². The highest BCUT2D eigenvalue weighted by atomic mass is 32.2. The number of sulfonamides is 1. The van der Waals surface area contributed by atoms with Crippen LogP contribution >= 0.6 is 0 Å². The first-order valence-electron chi connectivity index (χ1n) is 9.90. The number of carbonyl (C=O) groups is 1. The van der Waals surface area contributed by atoms with Gasteiger partial charge in [0, 0.05) is 26.2 Å². The molecular weight excluding hydrogens is 410 g/mol. The number of hydrogen-bond acceptors (Lipinski definition) is 7. The van der Waals surface area contributed by atoms with Gasteiger partial charge in [0.25, 0.3) is 0 Å². The van der Waals surface area contributed by atoms with Gasteiger partial charge in [-0.1, -0.05) is 24.3 Å². The van der Waals surface area contributed by atoms with Gasteiger partial charge < -0.3 is 24.4 Å². The van der Waals surface area contributed by atoms with Crippen molar-refractivity contribution in [2.45, 2.75) is 29.6 Å². The highest BCUT2D eigenvalue weighted by Gasteiger charge is 2.33. The molecule has 166 valence electrons. The number of nitrogens with zero attached hydrogens (tertiary/aromatic N) is 2. The van der Waals surface area contributed by atoms with E-state index < -0.39 is 28.3 Å². The van der Waals surface area contributed by atoms with Gasteiger partial charge in [-0.2, -0.15) is 0 Å². The number of piperazine rings is 1. The molecule has 0 aliphatic carbocycles. The fourth-order valence-corrected chi connectivity index (χ4v) is 4.94. The minimum absolute atomic E-state index is 0.00459. The molecule has 2 aliphatic heterocycles. The molecule has 0 bridgehead atoms. The first-order valence-corrected chi connectivity index (χ1v) is 11.4. The summed E-state index contributed by atoms with van der Waals surface area (Å²) >= 11 is 0. The Morgan fingerprint density at radius 2 is 1.93 bits per heavy atom. The maximum atomic E-state index is 12.8. The molecule has 0 unspecified atom stereocenters. The number of carbonyl (C=O) groups excluding carboxylic acids is 1. The molecule has 1 aromatic carbocycles. The molecule has 0 aromatic heterocycles. The van der Waals surface area contributed by atoms with Crippen LogP contribution < -0.4 is 9.46 Å². The summed E-state index contributed by atoms with van der Waals surface area (Å²) in [6.45, 7) is 2.63. The molecule has 2 aliphatic rings. The Kier molecular flexibility index (Phi) is 7.48. The zero-order chi connectivity index (χ0) is 21.7. The molecule has 10 heteroatoms. The van der Waals surface area contributed by atoms with E-state index in [9.17, 15) is 18.3 Å². The van der Waals surface area contributed by atoms with Crippen molar-refractivity contribution in [1.29, 1.82) is 0 Å². The fourth-order valence-electron chi connectivity index (χ4n) is 3.55. The Hall–Kier alpha value is -1.98. The molecule has 0 saturated carbocycles. The van der Waals surface area contributed by atoms with Gasteiger partial charge in [-0.15, -0.1) is 0 Å². The van der Waals surface area contributed by atoms with E-state index in [4.69, 9.17) is 9.47 Å². The molecule has 2 heterocycles. The van der Waals surface area contributed by atoms with Gasteiger partial charge in [-0.25, -0.2) is 13.1 Å². The maximum Gasteiger partial charge on any atom is 0.244 e. The molecular formula is C20H29N3O6S. The third-order valence-electron chi connectivity index (χ3n) is 5.34. The van der Waals surface area contributed by atoms with Crippen molar-refractivity contribution in [3.8, 4) is 5.75 Å². The molecule has 1 saturated heterocycles. The van der Waals surface area contributed by atoms with Crippen molar-refractivity contribution in [1.82, 2.24) is 14.5 Å². The number of likely N-dealkylation sites (N-methyl/N-ethyl adjacent to an activating group) is 1. The number of benzene rings is 1. The molecule has 1 amide bonds. The van der Waals surface area contributed by atoms with Crippen LogP contribution in [0.15, 0.2) is 41.3 Å². The van der Waals surface area contributed by atoms with Crippen LogP contribution in [0.5, 0.6) is 5.75 Å². The standard InChI is InChI=1S/C20H29N3O6S/c1-22-9-11-23(12-10-22)20(25)13-15-7-8-16(18(14-24)29-15)21-30(26,27)19-6-4-3-5-17(19)28-2/h3-8,15-16,18,21,24H,9-14H2,1-2H3/t15-,16-,18-/m0/s1. The van der Waals surface area contributed by atoms with Gasteiger partial charge in [0.2, 0.25) is 15.9 Å². The number of hydrogen-bond donors (Lipinski definition) is 2. The first-order chi connectivity index (χ1) is 14.3. The van der Waals surface area contributed by atoms with Gasteiger partial charge in [0.15, 0.2) is 0 Å². The fraction of sp³-hybridized carbons (Fsp3) is 0.550. The predicted octanol–water partition coefficient (Wildman–Crippen LogP) is -0.178. The van der Waals surface area contributed by atoms with Crippen LogP contribution in [0.4, 0.5) is 0 Å². The Labute approximate surface area is 177 Å². The Morgan fingerprint density at radius 3 is 2.60 bits per heavy atom. The third-order valence-corrected chi connectivity index (χ3v) is 6.84. The molecule has 0 spiro atoms. The van der Waals surface area contributed by atoms with E-state index in [0.29, 0.717) is 13.1 Å². The van der Waals surface area contributed by atoms with E-state index in [1.54, 1.807) is 30.4 Å². The minimum atomic E-state index is -3.91. The largest absolute Gasteiger partial charge is 0.495 e. The van der Waals surface area contributed by atoms with Crippen molar-refractivity contribution in [2.24, 2.45) is 0 Å². The zero-order valence-corrected chi connectivity index (χ0v) is 18.0. The lowest BCUT2D eigenvalue weighted by Gasteiger charge is -2.35. The van der Waals surface area contributed by atoms with Gasteiger partial charge in [0.05, 0.1) is 32.3 Å². The lowest BCUT2D eigenvalue weighted by atomic mass is 10.1. The summed E-state index contributed by atoms with van der Waals surface area (Å²) in [5, 5.41) is 9.74. The first kappa shape index (κ1) is 22.7. The molecule has 0 radical (unpaired) electrons. The van der Waals surface area contributed by atoms with Crippen LogP contribution in [0, 0.1) is 0 Å². The summed E-state index contributed by atoms with van der Waals surface area (Å²) in [4.78, 5) is 16.5. The lowest BCUT2D eigenvalue weighted by Crippen LogP contribution is -2.50. The average molecular weight is 440 g/mol. The van der Waals surface area contributed by atoms with Gasteiger partial charge >= 0.3 is 0 Å². The summed E-state index contributed by atoms with van der Waals surface area (Å²) < 4.78 is 39.1. The zero-order valence-electron chi connectivity index (χ0n) is 17.2. The van der Waals surface area contributed by atoms with Crippen molar-refractivity contribution in [2.75, 3.05) is 46.9 Å². The molecule has 2 N–H and O–H groups in total. The van der Waals surface area contributed by atoms with E-state index in [1.807, 2.05) is 11.9 Å². The predicted molar refractivity (Wildman–Crippen MR) is 111 cm³/mol. The second-order valence-electron chi connectivity index (χ2n) is 7.47. The van der Waals surface area contributed by atoms with E-state index in [1.165, 1.54) is 13.2 Å². The third kappa shape index (κ3) is 5.38. The van der Waals surface area contributed by atoms with E-state index in [-0.39, 0.29) is 29.6 Å². The van der Waals surface area contributed by atoms with E-state index >= 15 is 0 Å². The molecule has 3 atom stereocenters. The quantitative estimate of drug-likeness (QED) is 0.568. The van der Waals surface area contributed by atoms with Crippen LogP contribution in [0.3, 0.4) is 0 Å². The highest BCUT2D eigenvalue weighted by Crippen LogP contribution is 2.24. The summed E-state index contributed by atoms with van der Waals surface area (Å²) in [7, 11) is -0.486. The number of rotatable bonds is 7. The van der Waals surface area contributed by atoms with Crippen molar-refractivity contribution in [3.05, 3.63) is 36.4 Å². The normalized spacial score (nSPS) is 25.3. The number of nitrogens with one attached hydrogen (secondary N) is 1. The van der Waals surface area contributed by atoms with Crippen molar-refractivity contribution < 1.29 is 27.8 Å². The van der Waals surface area contributed by atoms with E-state index in [0.717, 1.165) is 13.1 Å². The topological polar surface area (TPSA) is 108 Å². The number of amides is 1. The average Bonchev–Trinajstić information content (AvgIpc) is 2.75. The summed E-state index contributed by atoms with van der Waals surface area (Å²) in [6, 6.07) is 5.53. The van der Waals surface area contributed by atoms with Crippen LogP contribution in [-0.4, -0.2) is 94.4 Å². The Bertz CT molecular complexity index is 867. The summed E-state index contributed by atoms with van der Waals surface area (Å²) in [5.74, 6) is 0.212. The van der Waals surface area contributed by atoms with Crippen molar-refractivity contribution in [3.63, 3.8) is 0 Å². The summed E-state index contributed by atoms with van der Waals surface area (Å²) in [5.41, 5.74) is 0. The summed E-state index contributed by atoms with van der Waals surface area (Å²) in [6.07, 6.45) is 2.16. The highest BCUT2D eigenvalue weighted by molar-refractivity contribution is 7.89. The van der Waals surface area contributed by atoms with Gasteiger partial charge in [-0.3, -0.25) is 4.79 Å². The molecule has 30 heavy (non-hydrogen) atoms. The number of para-hydroxylation sites is 1. The molecule has 3 rings (SSSR count). The van der Waals surface area contributed by atoms with Crippen molar-refractivity contribution >= 4 is 15.9 Å². The lowest BCUT2D eigenvalue weighted by molar-refractivity contribution is -0.136. The smallest absolute Gasteiger partial charge is 0.244 e. The second-order valence-corrected chi connectivity index (χ2v) is 9.15. The van der Waals surface area contributed by atoms with Crippen LogP contribution in [0.25, 0.3) is 0 Å². The van der Waals surface area contributed by atoms with Gasteiger partial charge in [0.1, 0.15) is 16.7 Å². The van der Waals surface area contributed by atoms with Crippen LogP contribution in [0.2, 0.25) is 0 Å². The Balaban J connectivity index is 1.65. The number of methoxy groups -OCH3 is 1. The molecule has 1 aromatic rings. The maximum absolute atomic E-state index is 12.8. The number of aliphatic hydroxyl groups excluding tert-OH is 1. The molecule has 9 nitrogen and oxygen atoms in total.